The van der Waals surface area contributed by atoms with E-state index in [0.717, 1.165) is 6.54 Å². The molecule has 0 N–H and O–H groups in total. The Labute approximate surface area is 93.2 Å². The zero-order valence-corrected chi connectivity index (χ0v) is 9.25. The van der Waals surface area contributed by atoms with Crippen LogP contribution in [0.3, 0.4) is 0 Å². The molecular weight excluding hydrogens is 221 g/mol. The summed E-state index contributed by atoms with van der Waals surface area (Å²) in [6.07, 6.45) is 8.17. The average molecular weight is 237 g/mol. The Hall–Kier alpha value is -1.07. The van der Waals surface area contributed by atoms with Crippen molar-refractivity contribution < 1.29 is 17.3 Å². The number of aromatic nitrogens is 1. The molecule has 0 aliphatic heterocycles. The number of halogens is 4. The Kier molecular flexibility index (Phi) is 7.59. The van der Waals surface area contributed by atoms with E-state index in [9.17, 15) is 17.3 Å². The first-order valence-electron chi connectivity index (χ1n) is 5.25. The molecule has 0 fully saturated rings. The summed E-state index contributed by atoms with van der Waals surface area (Å²) < 4.78 is 41.2. The van der Waals surface area contributed by atoms with Crippen LogP contribution in [-0.2, 0) is 6.54 Å². The van der Waals surface area contributed by atoms with Crippen molar-refractivity contribution in [2.75, 3.05) is 0 Å². The van der Waals surface area contributed by atoms with Crippen molar-refractivity contribution in [3.63, 3.8) is 0 Å². The number of aryl methyl sites for hydroxylation is 1. The van der Waals surface area contributed by atoms with E-state index >= 15 is 0 Å². The van der Waals surface area contributed by atoms with E-state index in [2.05, 4.69) is 42.1 Å². The van der Waals surface area contributed by atoms with Crippen LogP contribution in [0.1, 0.15) is 26.2 Å². The maximum absolute atomic E-state index is 9.75. The molecule has 0 radical (unpaired) electrons. The van der Waals surface area contributed by atoms with Crippen molar-refractivity contribution in [1.82, 2.24) is 4.57 Å². The highest BCUT2D eigenvalue weighted by atomic mass is 19.5. The molecule has 0 aliphatic carbocycles. The highest BCUT2D eigenvalue weighted by molar-refractivity contribution is 6.50. The second-order valence-electron chi connectivity index (χ2n) is 3.32. The van der Waals surface area contributed by atoms with E-state index < -0.39 is 7.25 Å². The van der Waals surface area contributed by atoms with Crippen molar-refractivity contribution in [3.8, 4) is 0 Å². The van der Waals surface area contributed by atoms with Gasteiger partial charge in [0.25, 0.3) is 0 Å². The number of hydrogen-bond donors (Lipinski definition) is 0. The van der Waals surface area contributed by atoms with E-state index in [4.69, 9.17) is 0 Å². The molecule has 1 heterocycles. The fourth-order valence-electron chi connectivity index (χ4n) is 1.13. The Morgan fingerprint density at radius 3 is 2.00 bits per heavy atom. The van der Waals surface area contributed by atoms with E-state index in [0.29, 0.717) is 0 Å². The lowest BCUT2D eigenvalue weighted by molar-refractivity contribution is 0.368. The Balaban J connectivity index is 0.000000385. The molecule has 92 valence electrons. The molecule has 1 nitrogen and oxygen atoms in total. The normalized spacial score (nSPS) is 10.6. The molecule has 6 heteroatoms. The minimum Gasteiger partial charge on any atom is -0.418 e. The quantitative estimate of drug-likeness (QED) is 0.319. The largest absolute Gasteiger partial charge is 0.673 e. The van der Waals surface area contributed by atoms with Gasteiger partial charge in [0.05, 0.1) is 12.1 Å². The summed E-state index contributed by atoms with van der Waals surface area (Å²) >= 11 is 0. The van der Waals surface area contributed by atoms with Gasteiger partial charge in [-0.15, -0.1) is 0 Å². The van der Waals surface area contributed by atoms with Crippen molar-refractivity contribution in [2.45, 2.75) is 32.7 Å². The second kappa shape index (κ2) is 8.13. The summed E-state index contributed by atoms with van der Waals surface area (Å²) in [7, 11) is -6.00. The molecule has 0 amide bonds. The van der Waals surface area contributed by atoms with Crippen LogP contribution in [0.2, 0.25) is 0 Å². The lowest BCUT2D eigenvalue weighted by Gasteiger charge is -1.97. The first-order chi connectivity index (χ1) is 7.43. The highest BCUT2D eigenvalue weighted by Crippen LogP contribution is 2.06. The molecule has 0 saturated heterocycles. The SMILES string of the molecule is CCCCCn1cc[cH+]cc1.F[B-](F)(F)F. The molecule has 16 heavy (non-hydrogen) atoms. The van der Waals surface area contributed by atoms with Gasteiger partial charge >= 0.3 is 7.25 Å². The zero-order chi connectivity index (χ0) is 12.4. The molecule has 0 aromatic carbocycles. The molecular formula is C10H16BF4N. The number of pyridine rings is 1. The minimum absolute atomic E-state index is 1.16. The third-order valence-corrected chi connectivity index (χ3v) is 1.80. The van der Waals surface area contributed by atoms with Crippen molar-refractivity contribution in [2.24, 2.45) is 0 Å². The van der Waals surface area contributed by atoms with E-state index in [1.807, 2.05) is 0 Å². The van der Waals surface area contributed by atoms with E-state index in [-0.39, 0.29) is 0 Å². The fraction of sp³-hybridized carbons (Fsp3) is 0.500. The molecule has 0 bridgehead atoms. The standard InChI is InChI=1S/C10H16N.BF4/c1-2-3-5-8-11-9-6-4-7-10-11;2-1(3,4)5/h4,6-7,9-10H,2-3,5,8H2,1H3;/q+1;-1. The lowest BCUT2D eigenvalue weighted by Crippen LogP contribution is -2.02. The van der Waals surface area contributed by atoms with Gasteiger partial charge in [-0.2, -0.15) is 0 Å². The summed E-state index contributed by atoms with van der Waals surface area (Å²) in [4.78, 5) is 0. The van der Waals surface area contributed by atoms with Crippen LogP contribution in [0.5, 0.6) is 0 Å². The van der Waals surface area contributed by atoms with Gasteiger partial charge in [0.2, 0.25) is 0 Å². The molecule has 1 rings (SSSR count). The van der Waals surface area contributed by atoms with Gasteiger partial charge in [-0.25, -0.2) is 0 Å². The summed E-state index contributed by atoms with van der Waals surface area (Å²) in [6.45, 7) is 3.39. The zero-order valence-electron chi connectivity index (χ0n) is 9.25. The van der Waals surface area contributed by atoms with E-state index in [1.165, 1.54) is 19.3 Å². The maximum Gasteiger partial charge on any atom is 0.673 e. The Morgan fingerprint density at radius 2 is 1.56 bits per heavy atom. The van der Waals surface area contributed by atoms with Crippen molar-refractivity contribution in [1.29, 1.82) is 0 Å². The number of rotatable bonds is 4. The first kappa shape index (κ1) is 14.9. The second-order valence-corrected chi connectivity index (χ2v) is 3.32. The van der Waals surface area contributed by atoms with Gasteiger partial charge in [0.1, 0.15) is 12.4 Å². The number of hydrogen-bond acceptors (Lipinski definition) is 0. The van der Waals surface area contributed by atoms with Gasteiger partial charge in [-0.3, -0.25) is 4.57 Å². The minimum atomic E-state index is -6.00. The fourth-order valence-corrected chi connectivity index (χ4v) is 1.13. The monoisotopic (exact) mass is 237 g/mol. The molecule has 0 spiro atoms. The number of unbranched alkanes of at least 4 members (excludes halogenated alkanes) is 2. The Morgan fingerprint density at radius 1 is 1.06 bits per heavy atom. The topological polar surface area (TPSA) is 4.93 Å². The molecule has 0 aliphatic rings. The van der Waals surface area contributed by atoms with Crippen LogP contribution in [0, 0.1) is 0 Å². The van der Waals surface area contributed by atoms with Gasteiger partial charge in [0, 0.05) is 12.6 Å². The molecule has 0 atom stereocenters. The third-order valence-electron chi connectivity index (χ3n) is 1.80. The van der Waals surface area contributed by atoms with Crippen LogP contribution >= 0.6 is 0 Å². The van der Waals surface area contributed by atoms with Crippen molar-refractivity contribution >= 4 is 7.25 Å². The molecule has 0 saturated carbocycles. The van der Waals surface area contributed by atoms with Crippen LogP contribution in [-0.4, -0.2) is 11.8 Å². The number of nitrogens with zero attached hydrogens (tertiary/aromatic N) is 1. The average Bonchev–Trinajstić information content (AvgIpc) is 2.17. The van der Waals surface area contributed by atoms with Gasteiger partial charge < -0.3 is 17.3 Å². The smallest absolute Gasteiger partial charge is 0.418 e. The summed E-state index contributed by atoms with van der Waals surface area (Å²) in [5.74, 6) is 0. The highest BCUT2D eigenvalue weighted by Gasteiger charge is 2.20. The Bertz CT molecular complexity index is 257. The van der Waals surface area contributed by atoms with Gasteiger partial charge in [-0.1, -0.05) is 19.8 Å². The summed E-state index contributed by atoms with van der Waals surface area (Å²) in [6, 6.07) is 6.20. The van der Waals surface area contributed by atoms with Gasteiger partial charge in [-0.05, 0) is 6.42 Å². The van der Waals surface area contributed by atoms with E-state index in [1.54, 1.807) is 0 Å². The molecule has 0 unspecified atom stereocenters. The predicted molar refractivity (Wildman–Crippen MR) is 58.6 cm³/mol. The van der Waals surface area contributed by atoms with Crippen LogP contribution in [0.15, 0.2) is 30.6 Å². The maximum atomic E-state index is 9.75. The molecule has 1 aromatic heterocycles. The summed E-state index contributed by atoms with van der Waals surface area (Å²) in [5, 5.41) is 0. The predicted octanol–water partition coefficient (Wildman–Crippen LogP) is 4.26. The lowest BCUT2D eigenvalue weighted by atomic mass is 10.2. The van der Waals surface area contributed by atoms with Gasteiger partial charge in [0.15, 0.2) is 0 Å². The van der Waals surface area contributed by atoms with Crippen LogP contribution < -0.4 is 0 Å². The van der Waals surface area contributed by atoms with Crippen LogP contribution in [0.4, 0.5) is 17.3 Å². The van der Waals surface area contributed by atoms with Crippen molar-refractivity contribution in [3.05, 3.63) is 30.6 Å². The van der Waals surface area contributed by atoms with Crippen LogP contribution in [0.25, 0.3) is 0 Å². The summed E-state index contributed by atoms with van der Waals surface area (Å²) in [5.41, 5.74) is 0. The molecule has 1 aromatic rings. The third kappa shape index (κ3) is 12.9. The first-order valence-corrected chi connectivity index (χ1v) is 5.25.